The van der Waals surface area contributed by atoms with Gasteiger partial charge < -0.3 is 19.9 Å². The van der Waals surface area contributed by atoms with E-state index in [1.165, 1.54) is 13.1 Å². The maximum Gasteiger partial charge on any atom is 0.333 e. The number of nitrogens with zero attached hydrogens (tertiary/aromatic N) is 5. The minimum Gasteiger partial charge on any atom is -0.457 e. The van der Waals surface area contributed by atoms with Gasteiger partial charge in [-0.25, -0.2) is 14.3 Å². The molecule has 0 unspecified atom stereocenters. The summed E-state index contributed by atoms with van der Waals surface area (Å²) in [6, 6.07) is 1.89. The molecule has 148 valence electrons. The number of carbonyl (C=O) groups excluding carboxylic acids is 2. The van der Waals surface area contributed by atoms with E-state index in [-0.39, 0.29) is 36.5 Å². The van der Waals surface area contributed by atoms with Crippen LogP contribution in [0.5, 0.6) is 0 Å². The van der Waals surface area contributed by atoms with Crippen LogP contribution < -0.4 is 11.4 Å². The molecule has 0 bridgehead atoms. The van der Waals surface area contributed by atoms with Gasteiger partial charge in [-0.3, -0.25) is 14.2 Å². The Morgan fingerprint density at radius 2 is 2.21 bits per heavy atom. The van der Waals surface area contributed by atoms with E-state index in [0.29, 0.717) is 0 Å². The number of carbonyl (C=O) groups is 2. The summed E-state index contributed by atoms with van der Waals surface area (Å²) in [5.74, 6) is -1.19. The first-order chi connectivity index (χ1) is 13.3. The number of esters is 2. The fraction of sp³-hybridized carbons (Fsp3) is 0.500. The van der Waals surface area contributed by atoms with Gasteiger partial charge in [0.15, 0.2) is 18.0 Å². The van der Waals surface area contributed by atoms with E-state index in [1.807, 2.05) is 6.07 Å². The van der Waals surface area contributed by atoms with Gasteiger partial charge in [-0.2, -0.15) is 10.2 Å². The van der Waals surface area contributed by atoms with Gasteiger partial charge >= 0.3 is 17.6 Å². The number of nitrogens with two attached hydrogens (primary N) is 1. The molecule has 0 radical (unpaired) electrons. The molecule has 1 saturated heterocycles. The SMILES string of the molecule is CCC(=O)O[C@H]1C[C@@H](OC(C)=O)[C@H](n2c(=O)n(CC#N)c3cnc(N)nc32)O1. The number of nitrogen functional groups attached to an aromatic ring is 1. The van der Waals surface area contributed by atoms with Gasteiger partial charge in [0.2, 0.25) is 12.2 Å². The molecule has 0 saturated carbocycles. The maximum absolute atomic E-state index is 12.9. The fourth-order valence-corrected chi connectivity index (χ4v) is 2.98. The number of hydrogen-bond donors (Lipinski definition) is 1. The predicted molar refractivity (Wildman–Crippen MR) is 92.3 cm³/mol. The Kier molecular flexibility index (Phi) is 5.27. The third kappa shape index (κ3) is 3.52. The van der Waals surface area contributed by atoms with Gasteiger partial charge in [-0.1, -0.05) is 6.92 Å². The Labute approximate surface area is 158 Å². The van der Waals surface area contributed by atoms with E-state index in [1.54, 1.807) is 6.92 Å². The molecule has 1 aliphatic heterocycles. The molecule has 0 aromatic carbocycles. The number of anilines is 1. The van der Waals surface area contributed by atoms with Crippen LogP contribution in [0.15, 0.2) is 11.0 Å². The lowest BCUT2D eigenvalue weighted by atomic mass is 10.2. The highest BCUT2D eigenvalue weighted by molar-refractivity contribution is 5.72. The van der Waals surface area contributed by atoms with Crippen LogP contribution in [0.25, 0.3) is 11.2 Å². The second-order valence-corrected chi connectivity index (χ2v) is 6.02. The highest BCUT2D eigenvalue weighted by Crippen LogP contribution is 2.33. The first-order valence-electron chi connectivity index (χ1n) is 8.48. The molecule has 3 rings (SSSR count). The van der Waals surface area contributed by atoms with Gasteiger partial charge in [0.1, 0.15) is 12.1 Å². The lowest BCUT2D eigenvalue weighted by Gasteiger charge is -2.18. The third-order valence-corrected chi connectivity index (χ3v) is 4.11. The van der Waals surface area contributed by atoms with Crippen molar-refractivity contribution in [3.63, 3.8) is 0 Å². The smallest absolute Gasteiger partial charge is 0.333 e. The van der Waals surface area contributed by atoms with Crippen molar-refractivity contribution < 1.29 is 23.8 Å². The van der Waals surface area contributed by atoms with Crippen molar-refractivity contribution in [2.75, 3.05) is 5.73 Å². The minimum absolute atomic E-state index is 0.0356. The topological polar surface area (TPSA) is 164 Å². The Hall–Kier alpha value is -3.46. The van der Waals surface area contributed by atoms with Crippen LogP contribution >= 0.6 is 0 Å². The zero-order valence-corrected chi connectivity index (χ0v) is 15.2. The number of nitriles is 1. The lowest BCUT2D eigenvalue weighted by Crippen LogP contribution is -2.33. The molecule has 3 atom stereocenters. The van der Waals surface area contributed by atoms with Gasteiger partial charge in [0.25, 0.3) is 0 Å². The molecule has 2 N–H and O–H groups in total. The van der Waals surface area contributed by atoms with Crippen molar-refractivity contribution in [2.45, 2.75) is 51.9 Å². The summed E-state index contributed by atoms with van der Waals surface area (Å²) in [4.78, 5) is 44.0. The van der Waals surface area contributed by atoms with Gasteiger partial charge in [-0.05, 0) is 0 Å². The molecule has 2 aromatic rings. The number of imidazole rings is 1. The fourth-order valence-electron chi connectivity index (χ4n) is 2.98. The highest BCUT2D eigenvalue weighted by atomic mass is 16.7. The third-order valence-electron chi connectivity index (χ3n) is 4.11. The molecule has 0 aliphatic carbocycles. The van der Waals surface area contributed by atoms with E-state index in [0.717, 1.165) is 9.13 Å². The maximum atomic E-state index is 12.9. The van der Waals surface area contributed by atoms with Crippen LogP contribution in [0, 0.1) is 11.3 Å². The molecule has 12 nitrogen and oxygen atoms in total. The van der Waals surface area contributed by atoms with Crippen LogP contribution in [-0.4, -0.2) is 43.4 Å². The number of rotatable bonds is 5. The first-order valence-corrected chi connectivity index (χ1v) is 8.48. The number of aromatic nitrogens is 4. The van der Waals surface area contributed by atoms with E-state index in [4.69, 9.17) is 25.2 Å². The number of ether oxygens (including phenoxy) is 3. The van der Waals surface area contributed by atoms with Crippen molar-refractivity contribution in [1.82, 2.24) is 19.1 Å². The van der Waals surface area contributed by atoms with Gasteiger partial charge in [0.05, 0.1) is 18.7 Å². The molecule has 0 amide bonds. The van der Waals surface area contributed by atoms with Crippen molar-refractivity contribution in [1.29, 1.82) is 5.26 Å². The molecule has 12 heteroatoms. The normalized spacial score (nSPS) is 21.4. The highest BCUT2D eigenvalue weighted by Gasteiger charge is 2.43. The average molecular weight is 390 g/mol. The Bertz CT molecular complexity index is 1020. The van der Waals surface area contributed by atoms with E-state index < -0.39 is 36.3 Å². The number of hydrogen-bond acceptors (Lipinski definition) is 10. The molecular formula is C16H18N6O6. The largest absolute Gasteiger partial charge is 0.457 e. The minimum atomic E-state index is -1.12. The molecule has 28 heavy (non-hydrogen) atoms. The molecule has 2 aromatic heterocycles. The molecule has 3 heterocycles. The van der Waals surface area contributed by atoms with Crippen LogP contribution in [0.1, 0.15) is 32.9 Å². The summed E-state index contributed by atoms with van der Waals surface area (Å²) in [5.41, 5.74) is 5.39. The second-order valence-electron chi connectivity index (χ2n) is 6.02. The molecular weight excluding hydrogens is 372 g/mol. The van der Waals surface area contributed by atoms with Crippen molar-refractivity contribution in [2.24, 2.45) is 0 Å². The van der Waals surface area contributed by atoms with Gasteiger partial charge in [-0.15, -0.1) is 0 Å². The summed E-state index contributed by atoms with van der Waals surface area (Å²) in [6.07, 6.45) is -1.56. The lowest BCUT2D eigenvalue weighted by molar-refractivity contribution is -0.183. The zero-order valence-electron chi connectivity index (χ0n) is 15.2. The Morgan fingerprint density at radius 3 is 2.86 bits per heavy atom. The molecule has 1 fully saturated rings. The average Bonchev–Trinajstić information content (AvgIpc) is 3.12. The van der Waals surface area contributed by atoms with Crippen LogP contribution in [0.2, 0.25) is 0 Å². The summed E-state index contributed by atoms with van der Waals surface area (Å²) >= 11 is 0. The summed E-state index contributed by atoms with van der Waals surface area (Å²) < 4.78 is 18.4. The van der Waals surface area contributed by atoms with Crippen molar-refractivity contribution in [3.8, 4) is 6.07 Å². The zero-order chi connectivity index (χ0) is 20.4. The monoisotopic (exact) mass is 390 g/mol. The molecule has 0 spiro atoms. The van der Waals surface area contributed by atoms with E-state index in [2.05, 4.69) is 9.97 Å². The van der Waals surface area contributed by atoms with Gasteiger partial charge in [0, 0.05) is 13.3 Å². The Morgan fingerprint density at radius 1 is 1.46 bits per heavy atom. The second kappa shape index (κ2) is 7.65. The summed E-state index contributed by atoms with van der Waals surface area (Å²) in [7, 11) is 0. The van der Waals surface area contributed by atoms with Crippen LogP contribution in [0.3, 0.4) is 0 Å². The predicted octanol–water partition coefficient (Wildman–Crippen LogP) is -0.171. The van der Waals surface area contributed by atoms with E-state index in [9.17, 15) is 14.4 Å². The quantitative estimate of drug-likeness (QED) is 0.677. The summed E-state index contributed by atoms with van der Waals surface area (Å²) in [6.45, 7) is 2.58. The van der Waals surface area contributed by atoms with Crippen LogP contribution in [0.4, 0.5) is 5.95 Å². The van der Waals surface area contributed by atoms with Crippen molar-refractivity contribution >= 4 is 29.1 Å². The Balaban J connectivity index is 2.10. The number of fused-ring (bicyclic) bond motifs is 1. The van der Waals surface area contributed by atoms with Crippen molar-refractivity contribution in [3.05, 3.63) is 16.7 Å². The van der Waals surface area contributed by atoms with E-state index >= 15 is 0 Å². The molecule has 1 aliphatic rings. The van der Waals surface area contributed by atoms with Crippen LogP contribution in [-0.2, 0) is 30.3 Å². The first kappa shape index (κ1) is 19.3. The summed E-state index contributed by atoms with van der Waals surface area (Å²) in [5, 5.41) is 9.03. The standard InChI is InChI=1S/C16H18N6O6/c1-3-11(24)27-12-6-10(26-8(2)23)14(28-12)22-13-9(7-19-15(18)20-13)21(5-4-17)16(22)25/h7,10,12,14H,3,5-6H2,1-2H3,(H2,18,19,20)/t10-,12-,14-/m1/s1.